The van der Waals surface area contributed by atoms with Gasteiger partial charge in [0.2, 0.25) is 0 Å². The third-order valence-electron chi connectivity index (χ3n) is 3.15. The minimum Gasteiger partial charge on any atom is -0.359 e. The average Bonchev–Trinajstić information content (AvgIpc) is 2.90. The number of hydrogen-bond donors (Lipinski definition) is 0. The van der Waals surface area contributed by atoms with Gasteiger partial charge in [0.15, 0.2) is 0 Å². The molecule has 0 spiro atoms. The van der Waals surface area contributed by atoms with E-state index < -0.39 is 0 Å². The quantitative estimate of drug-likeness (QED) is 0.778. The van der Waals surface area contributed by atoms with Crippen LogP contribution in [-0.4, -0.2) is 13.3 Å². The number of para-hydroxylation sites is 1. The number of hydrogen-bond acceptors (Lipinski definition) is 2. The molecule has 2 heteroatoms. The smallest absolute Gasteiger partial charge is 0.119 e. The van der Waals surface area contributed by atoms with Crippen LogP contribution in [0.4, 0.5) is 5.69 Å². The molecule has 3 rings (SSSR count). The van der Waals surface area contributed by atoms with Crippen LogP contribution in [-0.2, 0) is 4.74 Å². The van der Waals surface area contributed by atoms with E-state index in [0.717, 1.165) is 6.61 Å². The first kappa shape index (κ1) is 10.4. The van der Waals surface area contributed by atoms with Crippen LogP contribution in [0.2, 0.25) is 0 Å². The molecule has 86 valence electrons. The zero-order chi connectivity index (χ0) is 11.5. The Kier molecular flexibility index (Phi) is 2.80. The molecule has 1 fully saturated rings. The summed E-state index contributed by atoms with van der Waals surface area (Å²) in [5, 5.41) is 0. The summed E-state index contributed by atoms with van der Waals surface area (Å²) in [6.45, 7) is 1.43. The maximum atomic E-state index is 5.60. The molecule has 0 aliphatic carbocycles. The Balaban J connectivity index is 1.91. The third kappa shape index (κ3) is 2.04. The van der Waals surface area contributed by atoms with Crippen molar-refractivity contribution in [1.29, 1.82) is 0 Å². The molecule has 0 aromatic heterocycles. The number of benzene rings is 2. The maximum Gasteiger partial charge on any atom is 0.119 e. The van der Waals surface area contributed by atoms with Crippen LogP contribution in [0, 0.1) is 0 Å². The van der Waals surface area contributed by atoms with Crippen LogP contribution in [0.5, 0.6) is 0 Å². The molecule has 1 aliphatic rings. The molecular weight excluding hydrogens is 210 g/mol. The summed E-state index contributed by atoms with van der Waals surface area (Å²) in [5.74, 6) is 0. The lowest BCUT2D eigenvalue weighted by Gasteiger charge is -2.24. The van der Waals surface area contributed by atoms with Crippen molar-refractivity contribution in [1.82, 2.24) is 0 Å². The first-order chi connectivity index (χ1) is 8.45. The predicted octanol–water partition coefficient (Wildman–Crippen LogP) is 3.22. The van der Waals surface area contributed by atoms with Gasteiger partial charge < -0.3 is 9.64 Å². The molecule has 17 heavy (non-hydrogen) atoms. The molecule has 0 radical (unpaired) electrons. The third-order valence-corrected chi connectivity index (χ3v) is 3.15. The monoisotopic (exact) mass is 225 g/mol. The van der Waals surface area contributed by atoms with Crippen molar-refractivity contribution in [2.75, 3.05) is 18.2 Å². The van der Waals surface area contributed by atoms with Crippen LogP contribution < -0.4 is 4.90 Å². The summed E-state index contributed by atoms with van der Waals surface area (Å²) < 4.78 is 5.60. The van der Waals surface area contributed by atoms with Crippen molar-refractivity contribution in [2.24, 2.45) is 0 Å². The molecule has 1 saturated heterocycles. The van der Waals surface area contributed by atoms with E-state index >= 15 is 0 Å². The maximum absolute atomic E-state index is 5.60. The largest absolute Gasteiger partial charge is 0.359 e. The predicted molar refractivity (Wildman–Crippen MR) is 68.9 cm³/mol. The highest BCUT2D eigenvalue weighted by Crippen LogP contribution is 2.30. The van der Waals surface area contributed by atoms with E-state index in [0.29, 0.717) is 12.8 Å². The van der Waals surface area contributed by atoms with Gasteiger partial charge in [-0.15, -0.1) is 0 Å². The fourth-order valence-corrected chi connectivity index (χ4v) is 2.27. The second-order valence-electron chi connectivity index (χ2n) is 4.23. The summed E-state index contributed by atoms with van der Waals surface area (Å²) in [7, 11) is 0. The Bertz CT molecular complexity index is 423. The number of ether oxygens (including phenoxy) is 1. The van der Waals surface area contributed by atoms with Crippen LogP contribution in [0.25, 0.3) is 0 Å². The van der Waals surface area contributed by atoms with Crippen LogP contribution in [0.15, 0.2) is 60.7 Å². The van der Waals surface area contributed by atoms with E-state index in [1.807, 2.05) is 12.1 Å². The average molecular weight is 225 g/mol. The molecule has 1 heterocycles. The summed E-state index contributed by atoms with van der Waals surface area (Å²) in [6, 6.07) is 21.3. The fourth-order valence-electron chi connectivity index (χ4n) is 2.27. The van der Waals surface area contributed by atoms with Crippen molar-refractivity contribution >= 4 is 5.69 Å². The molecule has 0 N–H and O–H groups in total. The van der Waals surface area contributed by atoms with Crippen molar-refractivity contribution in [3.63, 3.8) is 0 Å². The topological polar surface area (TPSA) is 12.5 Å². The van der Waals surface area contributed by atoms with Gasteiger partial charge in [0.25, 0.3) is 0 Å². The van der Waals surface area contributed by atoms with Crippen molar-refractivity contribution < 1.29 is 4.74 Å². The highest BCUT2D eigenvalue weighted by Gasteiger charge is 2.26. The first-order valence-electron chi connectivity index (χ1n) is 5.89. The molecule has 0 amide bonds. The molecule has 1 unspecified atom stereocenters. The van der Waals surface area contributed by atoms with E-state index in [2.05, 4.69) is 53.4 Å². The Hall–Kier alpha value is -1.80. The van der Waals surface area contributed by atoms with Crippen LogP contribution in [0.3, 0.4) is 0 Å². The molecular formula is C15H15NO. The lowest BCUT2D eigenvalue weighted by Crippen LogP contribution is -2.23. The Morgan fingerprint density at radius 3 is 2.24 bits per heavy atom. The molecule has 1 atom stereocenters. The summed E-state index contributed by atoms with van der Waals surface area (Å²) >= 11 is 0. The van der Waals surface area contributed by atoms with Crippen LogP contribution >= 0.6 is 0 Å². The number of rotatable bonds is 2. The van der Waals surface area contributed by atoms with Crippen molar-refractivity contribution in [3.8, 4) is 0 Å². The number of nitrogens with zero attached hydrogens (tertiary/aromatic N) is 1. The molecule has 0 saturated carbocycles. The van der Waals surface area contributed by atoms with Gasteiger partial charge in [-0.05, 0) is 17.7 Å². The minimum atomic E-state index is 0.332. The van der Waals surface area contributed by atoms with Gasteiger partial charge in [-0.1, -0.05) is 48.5 Å². The first-order valence-corrected chi connectivity index (χ1v) is 5.89. The Morgan fingerprint density at radius 1 is 0.882 bits per heavy atom. The number of anilines is 1. The van der Waals surface area contributed by atoms with Gasteiger partial charge in [0.1, 0.15) is 6.73 Å². The SMILES string of the molecule is c1ccc(C2COCN2c2ccccc2)cc1. The zero-order valence-corrected chi connectivity index (χ0v) is 9.62. The van der Waals surface area contributed by atoms with E-state index in [9.17, 15) is 0 Å². The van der Waals surface area contributed by atoms with E-state index in [1.165, 1.54) is 11.3 Å². The second kappa shape index (κ2) is 4.60. The molecule has 1 aliphatic heterocycles. The second-order valence-corrected chi connectivity index (χ2v) is 4.23. The fraction of sp³-hybridized carbons (Fsp3) is 0.200. The normalized spacial score (nSPS) is 19.5. The van der Waals surface area contributed by atoms with Crippen molar-refractivity contribution in [2.45, 2.75) is 6.04 Å². The highest BCUT2D eigenvalue weighted by molar-refractivity contribution is 5.49. The van der Waals surface area contributed by atoms with E-state index in [4.69, 9.17) is 4.74 Å². The summed E-state index contributed by atoms with van der Waals surface area (Å²) in [6.07, 6.45) is 0. The van der Waals surface area contributed by atoms with Gasteiger partial charge in [-0.25, -0.2) is 0 Å². The van der Waals surface area contributed by atoms with Gasteiger partial charge >= 0.3 is 0 Å². The van der Waals surface area contributed by atoms with E-state index in [1.54, 1.807) is 0 Å². The van der Waals surface area contributed by atoms with Gasteiger partial charge in [0.05, 0.1) is 12.6 Å². The molecule has 2 nitrogen and oxygen atoms in total. The molecule has 2 aromatic carbocycles. The lowest BCUT2D eigenvalue weighted by molar-refractivity contribution is 0.194. The van der Waals surface area contributed by atoms with Gasteiger partial charge in [-0.2, -0.15) is 0 Å². The van der Waals surface area contributed by atoms with Crippen molar-refractivity contribution in [3.05, 3.63) is 66.2 Å². The highest BCUT2D eigenvalue weighted by atomic mass is 16.5. The summed E-state index contributed by atoms with van der Waals surface area (Å²) in [4.78, 5) is 2.30. The Labute approximate surface area is 101 Å². The Morgan fingerprint density at radius 2 is 1.53 bits per heavy atom. The van der Waals surface area contributed by atoms with Gasteiger partial charge in [-0.3, -0.25) is 0 Å². The molecule has 2 aromatic rings. The molecule has 0 bridgehead atoms. The summed E-state index contributed by atoms with van der Waals surface area (Å²) in [5.41, 5.74) is 2.53. The zero-order valence-electron chi connectivity index (χ0n) is 9.62. The standard InChI is InChI=1S/C15H15NO/c1-3-7-13(8-4-1)15-11-17-12-16(15)14-9-5-2-6-10-14/h1-10,15H,11-12H2. The van der Waals surface area contributed by atoms with Gasteiger partial charge in [0, 0.05) is 5.69 Å². The van der Waals surface area contributed by atoms with E-state index in [-0.39, 0.29) is 0 Å². The van der Waals surface area contributed by atoms with Crippen LogP contribution in [0.1, 0.15) is 11.6 Å². The lowest BCUT2D eigenvalue weighted by atomic mass is 10.1. The minimum absolute atomic E-state index is 0.332.